The standard InChI is InChI=1S/C16H16O2/c1-11(2)10-18-16-14(12(3)17)9-8-13-6-4-5-7-15(13)16/h4-9H,1,10H2,2-3H3. The third-order valence-corrected chi connectivity index (χ3v) is 2.72. The number of fused-ring (bicyclic) bond motifs is 1. The molecule has 0 amide bonds. The number of hydrogen-bond donors (Lipinski definition) is 0. The summed E-state index contributed by atoms with van der Waals surface area (Å²) in [5, 5.41) is 2.03. The predicted octanol–water partition coefficient (Wildman–Crippen LogP) is 4.00. The number of carbonyl (C=O) groups is 1. The molecule has 0 aliphatic heterocycles. The molecule has 0 radical (unpaired) electrons. The van der Waals surface area contributed by atoms with E-state index in [1.165, 1.54) is 0 Å². The van der Waals surface area contributed by atoms with E-state index in [4.69, 9.17) is 4.74 Å². The average molecular weight is 240 g/mol. The van der Waals surface area contributed by atoms with Gasteiger partial charge in [0.05, 0.1) is 5.56 Å². The molecule has 0 saturated carbocycles. The summed E-state index contributed by atoms with van der Waals surface area (Å²) in [5.41, 5.74) is 1.55. The van der Waals surface area contributed by atoms with Crippen molar-refractivity contribution in [2.45, 2.75) is 13.8 Å². The molecule has 0 aromatic heterocycles. The molecule has 0 aliphatic rings. The first-order chi connectivity index (χ1) is 8.59. The maximum absolute atomic E-state index is 11.7. The Morgan fingerprint density at radius 3 is 2.56 bits per heavy atom. The van der Waals surface area contributed by atoms with Crippen LogP contribution in [0.1, 0.15) is 24.2 Å². The van der Waals surface area contributed by atoms with Crippen molar-refractivity contribution in [2.24, 2.45) is 0 Å². The molecule has 0 N–H and O–H groups in total. The second-order valence-electron chi connectivity index (χ2n) is 4.47. The lowest BCUT2D eigenvalue weighted by Crippen LogP contribution is -2.04. The molecule has 0 heterocycles. The van der Waals surface area contributed by atoms with Crippen molar-refractivity contribution >= 4 is 16.6 Å². The number of Topliss-reactive ketones (excluding diaryl/α,β-unsaturated/α-hetero) is 1. The Hall–Kier alpha value is -2.09. The zero-order valence-corrected chi connectivity index (χ0v) is 10.7. The van der Waals surface area contributed by atoms with Crippen molar-refractivity contribution in [3.63, 3.8) is 0 Å². The van der Waals surface area contributed by atoms with Crippen LogP contribution in [0.2, 0.25) is 0 Å². The van der Waals surface area contributed by atoms with Gasteiger partial charge in [0, 0.05) is 5.39 Å². The molecule has 2 aromatic carbocycles. The number of rotatable bonds is 4. The Balaban J connectivity index is 2.58. The molecule has 0 saturated heterocycles. The fourth-order valence-electron chi connectivity index (χ4n) is 1.87. The third-order valence-electron chi connectivity index (χ3n) is 2.72. The van der Waals surface area contributed by atoms with E-state index >= 15 is 0 Å². The Morgan fingerprint density at radius 1 is 1.17 bits per heavy atom. The van der Waals surface area contributed by atoms with Gasteiger partial charge in [-0.05, 0) is 30.9 Å². The summed E-state index contributed by atoms with van der Waals surface area (Å²) < 4.78 is 5.75. The molecule has 2 rings (SSSR count). The Bertz CT molecular complexity index is 612. The molecule has 0 bridgehead atoms. The topological polar surface area (TPSA) is 26.3 Å². The van der Waals surface area contributed by atoms with E-state index in [1.807, 2.05) is 43.3 Å². The predicted molar refractivity (Wildman–Crippen MR) is 74.3 cm³/mol. The molecule has 0 aliphatic carbocycles. The first-order valence-electron chi connectivity index (χ1n) is 5.89. The summed E-state index contributed by atoms with van der Waals surface area (Å²) in [5.74, 6) is 0.668. The Morgan fingerprint density at radius 2 is 1.89 bits per heavy atom. The van der Waals surface area contributed by atoms with E-state index in [-0.39, 0.29) is 5.78 Å². The normalized spacial score (nSPS) is 10.3. The van der Waals surface area contributed by atoms with Gasteiger partial charge >= 0.3 is 0 Å². The first kappa shape index (κ1) is 12.4. The first-order valence-corrected chi connectivity index (χ1v) is 5.89. The van der Waals surface area contributed by atoms with Crippen molar-refractivity contribution in [1.82, 2.24) is 0 Å². The monoisotopic (exact) mass is 240 g/mol. The summed E-state index contributed by atoms with van der Waals surface area (Å²) >= 11 is 0. The van der Waals surface area contributed by atoms with Crippen molar-refractivity contribution in [1.29, 1.82) is 0 Å². The number of hydrogen-bond acceptors (Lipinski definition) is 2. The van der Waals surface area contributed by atoms with Gasteiger partial charge in [-0.2, -0.15) is 0 Å². The minimum absolute atomic E-state index is 0.0115. The lowest BCUT2D eigenvalue weighted by Gasteiger charge is -2.13. The second kappa shape index (κ2) is 5.05. The van der Waals surface area contributed by atoms with Gasteiger partial charge in [0.2, 0.25) is 0 Å². The van der Waals surface area contributed by atoms with Crippen molar-refractivity contribution < 1.29 is 9.53 Å². The van der Waals surface area contributed by atoms with E-state index in [1.54, 1.807) is 6.92 Å². The molecule has 2 heteroatoms. The van der Waals surface area contributed by atoms with Crippen LogP contribution in [0.5, 0.6) is 5.75 Å². The van der Waals surface area contributed by atoms with Gasteiger partial charge < -0.3 is 4.74 Å². The van der Waals surface area contributed by atoms with Crippen LogP contribution in [0, 0.1) is 0 Å². The van der Waals surface area contributed by atoms with Crippen LogP contribution in [0.4, 0.5) is 0 Å². The maximum Gasteiger partial charge on any atom is 0.163 e. The summed E-state index contributed by atoms with van der Waals surface area (Å²) in [6, 6.07) is 11.7. The van der Waals surface area contributed by atoms with E-state index in [0.717, 1.165) is 16.3 Å². The van der Waals surface area contributed by atoms with Gasteiger partial charge in [0.1, 0.15) is 12.4 Å². The summed E-state index contributed by atoms with van der Waals surface area (Å²) in [7, 11) is 0. The highest BCUT2D eigenvalue weighted by Gasteiger charge is 2.12. The fourth-order valence-corrected chi connectivity index (χ4v) is 1.87. The van der Waals surface area contributed by atoms with Gasteiger partial charge in [0.15, 0.2) is 5.78 Å². The smallest absolute Gasteiger partial charge is 0.163 e. The molecular formula is C16H16O2. The van der Waals surface area contributed by atoms with E-state index in [0.29, 0.717) is 17.9 Å². The molecular weight excluding hydrogens is 224 g/mol. The van der Waals surface area contributed by atoms with Crippen LogP contribution in [0.15, 0.2) is 48.6 Å². The highest BCUT2D eigenvalue weighted by atomic mass is 16.5. The second-order valence-corrected chi connectivity index (χ2v) is 4.47. The molecule has 92 valence electrons. The lowest BCUT2D eigenvalue weighted by molar-refractivity contribution is 0.101. The summed E-state index contributed by atoms with van der Waals surface area (Å²) in [6.45, 7) is 7.69. The minimum atomic E-state index is 0.0115. The van der Waals surface area contributed by atoms with Crippen molar-refractivity contribution in [2.75, 3.05) is 6.61 Å². The third kappa shape index (κ3) is 2.43. The summed E-state index contributed by atoms with van der Waals surface area (Å²) in [4.78, 5) is 11.7. The number of ketones is 1. The lowest BCUT2D eigenvalue weighted by atomic mass is 10.0. The van der Waals surface area contributed by atoms with Gasteiger partial charge in [-0.3, -0.25) is 4.79 Å². The van der Waals surface area contributed by atoms with Gasteiger partial charge in [0.25, 0.3) is 0 Å². The summed E-state index contributed by atoms with van der Waals surface area (Å²) in [6.07, 6.45) is 0. The van der Waals surface area contributed by atoms with Gasteiger partial charge in [-0.15, -0.1) is 0 Å². The maximum atomic E-state index is 11.7. The zero-order valence-electron chi connectivity index (χ0n) is 10.7. The molecule has 2 aromatic rings. The fraction of sp³-hybridized carbons (Fsp3) is 0.188. The van der Waals surface area contributed by atoms with Crippen LogP contribution in [0.3, 0.4) is 0 Å². The molecule has 18 heavy (non-hydrogen) atoms. The zero-order chi connectivity index (χ0) is 13.1. The quantitative estimate of drug-likeness (QED) is 0.596. The Kier molecular flexibility index (Phi) is 3.47. The largest absolute Gasteiger partial charge is 0.488 e. The average Bonchev–Trinajstić information content (AvgIpc) is 2.35. The van der Waals surface area contributed by atoms with Crippen LogP contribution in [-0.4, -0.2) is 12.4 Å². The van der Waals surface area contributed by atoms with E-state index in [9.17, 15) is 4.79 Å². The Labute approximate surface area is 107 Å². The molecule has 0 spiro atoms. The van der Waals surface area contributed by atoms with Crippen molar-refractivity contribution in [3.8, 4) is 5.75 Å². The number of carbonyl (C=O) groups excluding carboxylic acids is 1. The minimum Gasteiger partial charge on any atom is -0.488 e. The van der Waals surface area contributed by atoms with Gasteiger partial charge in [-0.25, -0.2) is 0 Å². The number of ether oxygens (including phenoxy) is 1. The van der Waals surface area contributed by atoms with Crippen LogP contribution in [0.25, 0.3) is 10.8 Å². The van der Waals surface area contributed by atoms with Crippen LogP contribution in [-0.2, 0) is 0 Å². The highest BCUT2D eigenvalue weighted by molar-refractivity contribution is 6.03. The van der Waals surface area contributed by atoms with E-state index < -0.39 is 0 Å². The van der Waals surface area contributed by atoms with Crippen molar-refractivity contribution in [3.05, 3.63) is 54.1 Å². The molecule has 0 atom stereocenters. The number of benzene rings is 2. The molecule has 0 unspecified atom stereocenters. The van der Waals surface area contributed by atoms with Crippen LogP contribution < -0.4 is 4.74 Å². The molecule has 0 fully saturated rings. The van der Waals surface area contributed by atoms with Gasteiger partial charge in [-0.1, -0.05) is 36.9 Å². The SMILES string of the molecule is C=C(C)COc1c(C(C)=O)ccc2ccccc12. The highest BCUT2D eigenvalue weighted by Crippen LogP contribution is 2.30. The van der Waals surface area contributed by atoms with E-state index in [2.05, 4.69) is 6.58 Å². The van der Waals surface area contributed by atoms with Crippen LogP contribution >= 0.6 is 0 Å². The molecule has 2 nitrogen and oxygen atoms in total.